The van der Waals surface area contributed by atoms with Crippen LogP contribution in [0.2, 0.25) is 0 Å². The molecular formula is C43H59N3O9. The van der Waals surface area contributed by atoms with Crippen molar-refractivity contribution in [3.63, 3.8) is 0 Å². The van der Waals surface area contributed by atoms with Crippen molar-refractivity contribution in [2.45, 2.75) is 130 Å². The lowest BCUT2D eigenvalue weighted by molar-refractivity contribution is -0.285. The van der Waals surface area contributed by atoms with E-state index >= 15 is 0 Å². The first-order valence-corrected chi connectivity index (χ1v) is 19.2. The summed E-state index contributed by atoms with van der Waals surface area (Å²) < 4.78 is 32.7. The Bertz CT molecular complexity index is 1730. The molecule has 0 unspecified atom stereocenters. The number of hydrogen-bond donors (Lipinski definition) is 0. The number of esters is 1. The Balaban J connectivity index is 1.70. The van der Waals surface area contributed by atoms with Gasteiger partial charge in [0.05, 0.1) is 17.8 Å². The van der Waals surface area contributed by atoms with Gasteiger partial charge in [0, 0.05) is 55.9 Å². The fourth-order valence-electron chi connectivity index (χ4n) is 7.94. The minimum absolute atomic E-state index is 0.0203. The predicted molar refractivity (Wildman–Crippen MR) is 207 cm³/mol. The number of aromatic nitrogens is 2. The number of carbonyl (C=O) groups excluding carboxylic acids is 4. The zero-order valence-electron chi connectivity index (χ0n) is 34.2. The van der Waals surface area contributed by atoms with Crippen molar-refractivity contribution in [3.8, 4) is 12.3 Å². The molecule has 2 aromatic rings. The van der Waals surface area contributed by atoms with Crippen molar-refractivity contribution in [3.05, 3.63) is 65.8 Å². The SMILES string of the molecule is C#Cc1ccc(CN(C)[C@H]2C[C@@H](C)O[C@@H](O[C@@H]3[C@@H](C)C(=O)[C@@H](C)C(=O)O[C@H](CC)[C@@](C)(OC(=O)n4ccnc4)/C=C(\C)C(=O)C[C@@H](C)[C@@]3(C)OC)[C@@H]2C)cc1. The summed E-state index contributed by atoms with van der Waals surface area (Å²) in [7, 11) is 3.61. The molecule has 0 bridgehead atoms. The number of ketones is 2. The predicted octanol–water partition coefficient (Wildman–Crippen LogP) is 6.39. The highest BCUT2D eigenvalue weighted by Crippen LogP contribution is 2.40. The number of ether oxygens (including phenoxy) is 5. The van der Waals surface area contributed by atoms with Crippen molar-refractivity contribution >= 4 is 23.6 Å². The highest BCUT2D eigenvalue weighted by molar-refractivity contribution is 6.00. The first-order valence-electron chi connectivity index (χ1n) is 19.2. The van der Waals surface area contributed by atoms with Gasteiger partial charge in [-0.05, 0) is 89.8 Å². The second-order valence-electron chi connectivity index (χ2n) is 15.8. The van der Waals surface area contributed by atoms with Crippen LogP contribution in [0.4, 0.5) is 4.79 Å². The van der Waals surface area contributed by atoms with Crippen LogP contribution in [0.5, 0.6) is 0 Å². The van der Waals surface area contributed by atoms with Crippen molar-refractivity contribution in [1.29, 1.82) is 0 Å². The molecule has 0 N–H and O–H groups in total. The zero-order valence-corrected chi connectivity index (χ0v) is 34.2. The van der Waals surface area contributed by atoms with Gasteiger partial charge in [-0.2, -0.15) is 0 Å². The molecule has 2 aliphatic heterocycles. The number of benzene rings is 1. The highest BCUT2D eigenvalue weighted by Gasteiger charge is 2.51. The van der Waals surface area contributed by atoms with Crippen LogP contribution in [0.25, 0.3) is 0 Å². The summed E-state index contributed by atoms with van der Waals surface area (Å²) in [6, 6.07) is 7.98. The van der Waals surface area contributed by atoms with Crippen LogP contribution in [-0.2, 0) is 44.6 Å². The molecule has 0 saturated carbocycles. The number of imidazole rings is 1. The lowest BCUT2D eigenvalue weighted by Gasteiger charge is -2.49. The molecule has 12 heteroatoms. The Morgan fingerprint density at radius 2 is 1.78 bits per heavy atom. The number of Topliss-reactive ketones (excluding diaryl/α,β-unsaturated/α-hetero) is 2. The van der Waals surface area contributed by atoms with Gasteiger partial charge in [-0.1, -0.05) is 45.7 Å². The van der Waals surface area contributed by atoms with Gasteiger partial charge in [-0.15, -0.1) is 6.42 Å². The van der Waals surface area contributed by atoms with E-state index in [1.54, 1.807) is 27.7 Å². The standard InChI is InChI=1S/C43H59N3O9/c1-13-32-15-17-33(18-16-32)24-45(11)34-22-28(5)52-40(29(34)6)54-38-30(7)37(48)31(8)39(49)53-36(14-2)42(9,55-41(50)46-20-19-44-25-46)23-26(3)35(47)21-27(4)43(38,10)51-12/h1,15-20,23,25,27-31,34,36,38,40H,14,21-22,24H2,2-12H3/b26-23+/t27-,28-,29-,30+,31-,34+,36-,38-,40+,42+,43-/m1/s1. The van der Waals surface area contributed by atoms with Crippen LogP contribution >= 0.6 is 0 Å². The second-order valence-corrected chi connectivity index (χ2v) is 15.8. The van der Waals surface area contributed by atoms with Crippen LogP contribution in [0.1, 0.15) is 92.7 Å². The van der Waals surface area contributed by atoms with Crippen molar-refractivity contribution < 1.29 is 42.9 Å². The average Bonchev–Trinajstić information content (AvgIpc) is 3.71. The quantitative estimate of drug-likeness (QED) is 0.168. The van der Waals surface area contributed by atoms with E-state index in [2.05, 4.69) is 29.8 Å². The van der Waals surface area contributed by atoms with Gasteiger partial charge < -0.3 is 23.7 Å². The fourth-order valence-corrected chi connectivity index (χ4v) is 7.94. The van der Waals surface area contributed by atoms with Gasteiger partial charge in [-0.3, -0.25) is 19.3 Å². The maximum atomic E-state index is 14.4. The Labute approximate surface area is 326 Å². The van der Waals surface area contributed by atoms with Crippen LogP contribution in [0, 0.1) is 36.0 Å². The number of cyclic esters (lactones) is 1. The smallest absolute Gasteiger partial charge is 0.420 e. The monoisotopic (exact) mass is 761 g/mol. The molecule has 2 aliphatic rings. The molecule has 0 spiro atoms. The molecule has 300 valence electrons. The first-order chi connectivity index (χ1) is 25.9. The first kappa shape index (κ1) is 43.6. The minimum atomic E-state index is -1.57. The zero-order chi connectivity index (χ0) is 40.8. The fraction of sp³-hybridized carbons (Fsp3) is 0.605. The number of terminal acetylenes is 1. The molecule has 12 nitrogen and oxygen atoms in total. The van der Waals surface area contributed by atoms with Crippen molar-refractivity contribution in [2.24, 2.45) is 23.7 Å². The summed E-state index contributed by atoms with van der Waals surface area (Å²) in [5, 5.41) is 0. The Morgan fingerprint density at radius 1 is 1.11 bits per heavy atom. The van der Waals surface area contributed by atoms with Gasteiger partial charge in [-0.25, -0.2) is 14.3 Å². The Kier molecular flexibility index (Phi) is 14.4. The van der Waals surface area contributed by atoms with Gasteiger partial charge in [0.15, 0.2) is 23.5 Å². The molecule has 1 aromatic carbocycles. The van der Waals surface area contributed by atoms with E-state index in [0.717, 1.165) is 22.1 Å². The molecule has 0 aliphatic carbocycles. The topological polar surface area (TPSA) is 135 Å². The number of nitrogens with zero attached hydrogens (tertiary/aromatic N) is 3. The number of carbonyl (C=O) groups is 4. The van der Waals surface area contributed by atoms with E-state index in [9.17, 15) is 19.2 Å². The maximum absolute atomic E-state index is 14.4. The van der Waals surface area contributed by atoms with E-state index in [1.807, 2.05) is 45.0 Å². The van der Waals surface area contributed by atoms with Gasteiger partial charge in [0.1, 0.15) is 18.3 Å². The molecule has 11 atom stereocenters. The molecule has 0 amide bonds. The van der Waals surface area contributed by atoms with Gasteiger partial charge in [0.2, 0.25) is 0 Å². The molecular weight excluding hydrogens is 702 g/mol. The summed E-state index contributed by atoms with van der Waals surface area (Å²) >= 11 is 0. The van der Waals surface area contributed by atoms with Gasteiger partial charge in [0.25, 0.3) is 0 Å². The minimum Gasteiger partial charge on any atom is -0.457 e. The Hall–Kier alpha value is -4.15. The van der Waals surface area contributed by atoms with E-state index in [0.29, 0.717) is 12.1 Å². The summed E-state index contributed by atoms with van der Waals surface area (Å²) in [6.07, 6.45) is 8.59. The van der Waals surface area contributed by atoms with Crippen molar-refractivity contribution in [1.82, 2.24) is 14.5 Å². The van der Waals surface area contributed by atoms with E-state index < -0.39 is 65.3 Å². The number of allylic oxidation sites excluding steroid dienone is 1. The lowest BCUT2D eigenvalue weighted by Crippen LogP contribution is -2.58. The summed E-state index contributed by atoms with van der Waals surface area (Å²) in [6.45, 7) is 16.7. The molecule has 3 heterocycles. The summed E-state index contributed by atoms with van der Waals surface area (Å²) in [4.78, 5) is 61.6. The Morgan fingerprint density at radius 3 is 2.36 bits per heavy atom. The van der Waals surface area contributed by atoms with E-state index in [1.165, 1.54) is 38.8 Å². The second kappa shape index (κ2) is 18.2. The summed E-state index contributed by atoms with van der Waals surface area (Å²) in [5.74, 6) is -1.52. The van der Waals surface area contributed by atoms with E-state index in [-0.39, 0.29) is 36.7 Å². The molecule has 1 saturated heterocycles. The normalized spacial score (nSPS) is 34.9. The van der Waals surface area contributed by atoms with E-state index in [4.69, 9.17) is 30.1 Å². The van der Waals surface area contributed by atoms with Crippen LogP contribution in [0.3, 0.4) is 0 Å². The molecule has 0 radical (unpaired) electrons. The van der Waals surface area contributed by atoms with Crippen molar-refractivity contribution in [2.75, 3.05) is 14.2 Å². The van der Waals surface area contributed by atoms with Crippen LogP contribution in [-0.4, -0.2) is 94.1 Å². The van der Waals surface area contributed by atoms with Crippen LogP contribution in [0.15, 0.2) is 54.6 Å². The number of methoxy groups -OCH3 is 1. The van der Waals surface area contributed by atoms with Gasteiger partial charge >= 0.3 is 12.1 Å². The maximum Gasteiger partial charge on any atom is 0.420 e. The number of hydrogen-bond acceptors (Lipinski definition) is 11. The molecule has 1 fully saturated rings. The lowest BCUT2D eigenvalue weighted by atomic mass is 9.74. The van der Waals surface area contributed by atoms with Crippen LogP contribution < -0.4 is 0 Å². The molecule has 1 aromatic heterocycles. The number of rotatable bonds is 8. The molecule has 4 rings (SSSR count). The third-order valence-electron chi connectivity index (χ3n) is 11.8. The average molecular weight is 762 g/mol. The third-order valence-corrected chi connectivity index (χ3v) is 11.8. The summed E-state index contributed by atoms with van der Waals surface area (Å²) in [5.41, 5.74) is -0.519. The molecule has 55 heavy (non-hydrogen) atoms. The highest BCUT2D eigenvalue weighted by atomic mass is 16.7. The third kappa shape index (κ3) is 9.81. The largest absolute Gasteiger partial charge is 0.457 e.